The fraction of sp³-hybridized carbons (Fsp3) is 0.250. The summed E-state index contributed by atoms with van der Waals surface area (Å²) in [7, 11) is 0. The van der Waals surface area contributed by atoms with Crippen LogP contribution in [-0.2, 0) is 11.2 Å². The molecule has 2 heteroatoms. The lowest BCUT2D eigenvalue weighted by Crippen LogP contribution is -2.09. The van der Waals surface area contributed by atoms with Crippen LogP contribution in [0, 0.1) is 0 Å². The van der Waals surface area contributed by atoms with E-state index >= 15 is 0 Å². The van der Waals surface area contributed by atoms with E-state index < -0.39 is 0 Å². The van der Waals surface area contributed by atoms with Gasteiger partial charge in [0.2, 0.25) is 5.91 Å². The van der Waals surface area contributed by atoms with Crippen LogP contribution >= 0.6 is 0 Å². The first kappa shape index (κ1) is 16.0. The Labute approximate surface area is 132 Å². The quantitative estimate of drug-likeness (QED) is 0.716. The van der Waals surface area contributed by atoms with E-state index in [4.69, 9.17) is 0 Å². The summed E-state index contributed by atoms with van der Waals surface area (Å²) < 4.78 is 0. The van der Waals surface area contributed by atoms with Gasteiger partial charge in [-0.15, -0.1) is 0 Å². The lowest BCUT2D eigenvalue weighted by atomic mass is 10.0. The summed E-state index contributed by atoms with van der Waals surface area (Å²) in [5.41, 5.74) is 3.50. The van der Waals surface area contributed by atoms with E-state index in [1.54, 1.807) is 0 Å². The maximum absolute atomic E-state index is 11.9. The zero-order valence-corrected chi connectivity index (χ0v) is 13.1. The molecule has 0 spiro atoms. The second kappa shape index (κ2) is 8.83. The maximum Gasteiger partial charge on any atom is 0.228 e. The van der Waals surface area contributed by atoms with Gasteiger partial charge in [-0.1, -0.05) is 60.2 Å². The van der Waals surface area contributed by atoms with Crippen molar-refractivity contribution in [2.45, 2.75) is 32.6 Å². The largest absolute Gasteiger partial charge is 0.326 e. The van der Waals surface area contributed by atoms with Gasteiger partial charge >= 0.3 is 0 Å². The molecule has 0 atom stereocenters. The summed E-state index contributed by atoms with van der Waals surface area (Å²) >= 11 is 0. The van der Waals surface area contributed by atoms with E-state index in [1.165, 1.54) is 11.1 Å². The second-order valence-electron chi connectivity index (χ2n) is 5.51. The molecule has 2 aromatic carbocycles. The molecule has 0 heterocycles. The minimum Gasteiger partial charge on any atom is -0.326 e. The predicted molar refractivity (Wildman–Crippen MR) is 92.8 cm³/mol. The van der Waals surface area contributed by atoms with Gasteiger partial charge in [0.1, 0.15) is 0 Å². The molecular weight excluding hydrogens is 270 g/mol. The van der Waals surface area contributed by atoms with Gasteiger partial charge in [0, 0.05) is 12.1 Å². The minimum atomic E-state index is 0.0357. The SMILES string of the molecule is C/C(=C/CC(=O)Nc1ccccc1)CCCc1ccccc1. The molecule has 2 aromatic rings. The summed E-state index contributed by atoms with van der Waals surface area (Å²) in [5.74, 6) is 0.0357. The molecular formula is C20H23NO. The van der Waals surface area contributed by atoms with Crippen molar-refractivity contribution in [3.8, 4) is 0 Å². The Morgan fingerprint density at radius 2 is 1.64 bits per heavy atom. The molecule has 0 fully saturated rings. The molecule has 114 valence electrons. The van der Waals surface area contributed by atoms with Crippen LogP contribution in [-0.4, -0.2) is 5.91 Å². The van der Waals surface area contributed by atoms with Crippen molar-refractivity contribution in [3.63, 3.8) is 0 Å². The van der Waals surface area contributed by atoms with Crippen LogP contribution < -0.4 is 5.32 Å². The number of aryl methyl sites for hydroxylation is 1. The third-order valence-electron chi connectivity index (χ3n) is 3.57. The first-order valence-electron chi connectivity index (χ1n) is 7.78. The number of carbonyl (C=O) groups excluding carboxylic acids is 1. The maximum atomic E-state index is 11.9. The highest BCUT2D eigenvalue weighted by molar-refractivity contribution is 5.91. The van der Waals surface area contributed by atoms with Crippen LogP contribution in [0.4, 0.5) is 5.69 Å². The number of rotatable bonds is 7. The van der Waals surface area contributed by atoms with Gasteiger partial charge in [0.15, 0.2) is 0 Å². The van der Waals surface area contributed by atoms with Crippen LogP contribution in [0.15, 0.2) is 72.3 Å². The van der Waals surface area contributed by atoms with E-state index in [-0.39, 0.29) is 5.91 Å². The Balaban J connectivity index is 1.69. The number of hydrogen-bond donors (Lipinski definition) is 1. The van der Waals surface area contributed by atoms with Crippen molar-refractivity contribution in [2.24, 2.45) is 0 Å². The molecule has 2 rings (SSSR count). The van der Waals surface area contributed by atoms with Crippen molar-refractivity contribution in [1.29, 1.82) is 0 Å². The summed E-state index contributed by atoms with van der Waals surface area (Å²) in [6.45, 7) is 2.10. The zero-order valence-electron chi connectivity index (χ0n) is 13.1. The summed E-state index contributed by atoms with van der Waals surface area (Å²) in [5, 5.41) is 2.90. The average Bonchev–Trinajstić information content (AvgIpc) is 2.55. The molecule has 1 N–H and O–H groups in total. The average molecular weight is 293 g/mol. The zero-order chi connectivity index (χ0) is 15.6. The Morgan fingerprint density at radius 3 is 2.32 bits per heavy atom. The molecule has 0 saturated heterocycles. The smallest absolute Gasteiger partial charge is 0.228 e. The molecule has 0 aliphatic rings. The van der Waals surface area contributed by atoms with Crippen LogP contribution in [0.25, 0.3) is 0 Å². The van der Waals surface area contributed by atoms with Gasteiger partial charge < -0.3 is 5.32 Å². The number of allylic oxidation sites excluding steroid dienone is 1. The van der Waals surface area contributed by atoms with Gasteiger partial charge in [-0.05, 0) is 43.9 Å². The minimum absolute atomic E-state index is 0.0357. The van der Waals surface area contributed by atoms with Gasteiger partial charge in [0.05, 0.1) is 0 Å². The van der Waals surface area contributed by atoms with Crippen molar-refractivity contribution in [3.05, 3.63) is 77.9 Å². The Kier molecular flexibility index (Phi) is 6.43. The highest BCUT2D eigenvalue weighted by atomic mass is 16.1. The number of para-hydroxylation sites is 1. The molecule has 22 heavy (non-hydrogen) atoms. The summed E-state index contributed by atoms with van der Waals surface area (Å²) in [4.78, 5) is 11.9. The predicted octanol–water partition coefficient (Wildman–Crippen LogP) is 4.98. The number of anilines is 1. The fourth-order valence-electron chi connectivity index (χ4n) is 2.32. The number of carbonyl (C=O) groups is 1. The van der Waals surface area contributed by atoms with Gasteiger partial charge in [0.25, 0.3) is 0 Å². The van der Waals surface area contributed by atoms with E-state index in [2.05, 4.69) is 36.5 Å². The fourth-order valence-corrected chi connectivity index (χ4v) is 2.32. The Bertz CT molecular complexity index is 602. The first-order valence-corrected chi connectivity index (χ1v) is 7.78. The van der Waals surface area contributed by atoms with Gasteiger partial charge in [-0.3, -0.25) is 4.79 Å². The standard InChI is InChI=1S/C20H23NO/c1-17(9-8-12-18-10-4-2-5-11-18)15-16-20(22)21-19-13-6-3-7-14-19/h2-7,10-11,13-15H,8-9,12,16H2,1H3,(H,21,22)/b17-15-. The Morgan fingerprint density at radius 1 is 1.00 bits per heavy atom. The van der Waals surface area contributed by atoms with Crippen LogP contribution in [0.3, 0.4) is 0 Å². The highest BCUT2D eigenvalue weighted by Crippen LogP contribution is 2.11. The van der Waals surface area contributed by atoms with Gasteiger partial charge in [-0.25, -0.2) is 0 Å². The number of nitrogens with one attached hydrogen (secondary N) is 1. The van der Waals surface area contributed by atoms with Crippen molar-refractivity contribution < 1.29 is 4.79 Å². The molecule has 0 unspecified atom stereocenters. The first-order chi connectivity index (χ1) is 10.7. The molecule has 0 bridgehead atoms. The number of benzene rings is 2. The lowest BCUT2D eigenvalue weighted by molar-refractivity contribution is -0.115. The van der Waals surface area contributed by atoms with Crippen LogP contribution in [0.1, 0.15) is 31.7 Å². The molecule has 0 aliphatic carbocycles. The third kappa shape index (κ3) is 5.96. The van der Waals surface area contributed by atoms with E-state index in [1.807, 2.05) is 42.5 Å². The number of hydrogen-bond acceptors (Lipinski definition) is 1. The van der Waals surface area contributed by atoms with Crippen LogP contribution in [0.2, 0.25) is 0 Å². The monoisotopic (exact) mass is 293 g/mol. The van der Waals surface area contributed by atoms with Crippen molar-refractivity contribution in [1.82, 2.24) is 0 Å². The van der Waals surface area contributed by atoms with E-state index in [9.17, 15) is 4.79 Å². The van der Waals surface area contributed by atoms with Crippen LogP contribution in [0.5, 0.6) is 0 Å². The van der Waals surface area contributed by atoms with Gasteiger partial charge in [-0.2, -0.15) is 0 Å². The molecule has 0 aromatic heterocycles. The summed E-state index contributed by atoms with van der Waals surface area (Å²) in [6.07, 6.45) is 5.71. The molecule has 1 amide bonds. The molecule has 0 aliphatic heterocycles. The lowest BCUT2D eigenvalue weighted by Gasteiger charge is -2.04. The van der Waals surface area contributed by atoms with Crippen molar-refractivity contribution >= 4 is 11.6 Å². The number of amides is 1. The summed E-state index contributed by atoms with van der Waals surface area (Å²) in [6, 6.07) is 20.1. The third-order valence-corrected chi connectivity index (χ3v) is 3.57. The molecule has 0 radical (unpaired) electrons. The highest BCUT2D eigenvalue weighted by Gasteiger charge is 2.00. The molecule has 0 saturated carbocycles. The molecule has 2 nitrogen and oxygen atoms in total. The van der Waals surface area contributed by atoms with E-state index in [0.29, 0.717) is 6.42 Å². The normalized spacial score (nSPS) is 11.2. The van der Waals surface area contributed by atoms with Crippen molar-refractivity contribution in [2.75, 3.05) is 5.32 Å². The topological polar surface area (TPSA) is 29.1 Å². The Hall–Kier alpha value is -2.35. The van der Waals surface area contributed by atoms with E-state index in [0.717, 1.165) is 24.9 Å². The second-order valence-corrected chi connectivity index (χ2v) is 5.51.